The number of hydrogen-bond acceptors (Lipinski definition) is 5. The van der Waals surface area contributed by atoms with Crippen LogP contribution in [-0.4, -0.2) is 19.7 Å². The zero-order chi connectivity index (χ0) is 19.2. The van der Waals surface area contributed by atoms with E-state index in [0.29, 0.717) is 19.0 Å². The van der Waals surface area contributed by atoms with Gasteiger partial charge in [-0.15, -0.1) is 39.7 Å². The van der Waals surface area contributed by atoms with Crippen molar-refractivity contribution in [3.05, 3.63) is 55.6 Å². The van der Waals surface area contributed by atoms with E-state index >= 15 is 0 Å². The van der Waals surface area contributed by atoms with E-state index in [0.717, 1.165) is 15.6 Å². The first-order valence-corrected chi connectivity index (χ1v) is 9.75. The Bertz CT molecular complexity index is 1160. The van der Waals surface area contributed by atoms with Gasteiger partial charge in [-0.2, -0.15) is 18.3 Å². The summed E-state index contributed by atoms with van der Waals surface area (Å²) in [4.78, 5) is 19.8. The van der Waals surface area contributed by atoms with Gasteiger partial charge in [-0.1, -0.05) is 6.07 Å². The van der Waals surface area contributed by atoms with Gasteiger partial charge in [0.1, 0.15) is 5.65 Å². The number of fused-ring (bicyclic) bond motifs is 1. The maximum absolute atomic E-state index is 13.3. The number of aromatic amines is 1. The molecule has 0 unspecified atom stereocenters. The summed E-state index contributed by atoms with van der Waals surface area (Å²) < 4.78 is 41.2. The lowest BCUT2D eigenvalue weighted by Gasteiger charge is -2.08. The zero-order valence-electron chi connectivity index (χ0n) is 14.4. The molecule has 11 heteroatoms. The summed E-state index contributed by atoms with van der Waals surface area (Å²) >= 11 is 3.09. The second kappa shape index (κ2) is 7.80. The third-order valence-corrected chi connectivity index (χ3v) is 5.88. The quantitative estimate of drug-likeness (QED) is 0.434. The molecular weight excluding hydrogens is 477 g/mol. The molecule has 0 radical (unpaired) electrons. The van der Waals surface area contributed by atoms with Crippen LogP contribution < -0.4 is 5.56 Å². The van der Waals surface area contributed by atoms with Crippen molar-refractivity contribution < 1.29 is 13.2 Å². The lowest BCUT2D eigenvalue weighted by molar-refractivity contribution is -0.136. The van der Waals surface area contributed by atoms with E-state index < -0.39 is 17.3 Å². The highest BCUT2D eigenvalue weighted by Gasteiger charge is 2.35. The summed E-state index contributed by atoms with van der Waals surface area (Å²) in [6.45, 7) is 1.82. The molecule has 0 atom stereocenters. The van der Waals surface area contributed by atoms with Crippen LogP contribution in [0.5, 0.6) is 0 Å². The highest BCUT2D eigenvalue weighted by atomic mass is 79.9. The molecule has 4 rings (SSSR count). The van der Waals surface area contributed by atoms with Crippen LogP contribution >= 0.6 is 39.7 Å². The van der Waals surface area contributed by atoms with Crippen LogP contribution in [0, 0.1) is 6.92 Å². The molecule has 0 saturated heterocycles. The van der Waals surface area contributed by atoms with Crippen LogP contribution in [0.15, 0.2) is 33.8 Å². The van der Waals surface area contributed by atoms with E-state index in [2.05, 4.69) is 15.1 Å². The maximum Gasteiger partial charge on any atom is 0.417 e. The topological polar surface area (TPSA) is 63.6 Å². The van der Waals surface area contributed by atoms with Crippen LogP contribution in [0.2, 0.25) is 0 Å². The average molecular weight is 491 g/mol. The van der Waals surface area contributed by atoms with Gasteiger partial charge in [-0.05, 0) is 18.4 Å². The normalized spacial score (nSPS) is 11.7. The van der Waals surface area contributed by atoms with E-state index in [1.807, 2.05) is 22.9 Å². The fourth-order valence-electron chi connectivity index (χ4n) is 2.94. The van der Waals surface area contributed by atoms with Crippen molar-refractivity contribution in [2.75, 3.05) is 0 Å². The molecule has 5 nitrogen and oxygen atoms in total. The summed E-state index contributed by atoms with van der Waals surface area (Å²) in [6, 6.07) is 4.51. The summed E-state index contributed by atoms with van der Waals surface area (Å²) in [5.74, 6) is 0. The van der Waals surface area contributed by atoms with Gasteiger partial charge in [0, 0.05) is 24.4 Å². The predicted octanol–water partition coefficient (Wildman–Crippen LogP) is 5.06. The number of alkyl halides is 3. The van der Waals surface area contributed by atoms with Gasteiger partial charge in [0.25, 0.3) is 0 Å². The van der Waals surface area contributed by atoms with Crippen LogP contribution in [0.1, 0.15) is 16.3 Å². The Labute approximate surface area is 175 Å². The molecule has 0 fully saturated rings. The van der Waals surface area contributed by atoms with Gasteiger partial charge in [0.15, 0.2) is 0 Å². The number of H-pyrrole nitrogens is 1. The first kappa shape index (κ1) is 20.7. The number of rotatable bonds is 4. The number of aryl methyl sites for hydroxylation is 3. The number of nitrogens with one attached hydrogen (secondary N) is 1. The number of nitrogens with zero attached hydrogens (tertiary/aromatic N) is 3. The van der Waals surface area contributed by atoms with Crippen LogP contribution in [0.4, 0.5) is 13.2 Å². The summed E-state index contributed by atoms with van der Waals surface area (Å²) in [5.41, 5.74) is -0.557. The molecule has 28 heavy (non-hydrogen) atoms. The molecule has 4 heterocycles. The van der Waals surface area contributed by atoms with E-state index in [-0.39, 0.29) is 33.7 Å². The van der Waals surface area contributed by atoms with Gasteiger partial charge >= 0.3 is 6.18 Å². The van der Waals surface area contributed by atoms with Gasteiger partial charge in [-0.25, -0.2) is 9.67 Å². The fourth-order valence-corrected chi connectivity index (χ4v) is 4.49. The minimum absolute atomic E-state index is 0. The van der Waals surface area contributed by atoms with E-state index in [9.17, 15) is 18.0 Å². The molecule has 0 saturated carbocycles. The average Bonchev–Trinajstić information content (AvgIpc) is 3.31. The molecule has 0 spiro atoms. The highest BCUT2D eigenvalue weighted by molar-refractivity contribution is 8.93. The zero-order valence-corrected chi connectivity index (χ0v) is 17.8. The lowest BCUT2D eigenvalue weighted by atomic mass is 10.1. The first-order valence-electron chi connectivity index (χ1n) is 7.99. The van der Waals surface area contributed by atoms with Gasteiger partial charge in [-0.3, -0.25) is 4.79 Å². The summed E-state index contributed by atoms with van der Waals surface area (Å²) in [5, 5.41) is 8.92. The maximum atomic E-state index is 13.3. The number of aromatic nitrogens is 4. The van der Waals surface area contributed by atoms with E-state index in [1.165, 1.54) is 22.9 Å². The smallest absolute Gasteiger partial charge is 0.307 e. The molecular formula is C17H14BrF3N4OS2. The van der Waals surface area contributed by atoms with Crippen LogP contribution in [0.3, 0.4) is 0 Å². The number of thiazole rings is 1. The van der Waals surface area contributed by atoms with Crippen molar-refractivity contribution in [2.24, 2.45) is 0 Å². The molecule has 4 aromatic heterocycles. The molecule has 0 amide bonds. The molecule has 1 N–H and O–H groups in total. The number of hydrogen-bond donors (Lipinski definition) is 1. The van der Waals surface area contributed by atoms with Gasteiger partial charge in [0.2, 0.25) is 5.56 Å². The lowest BCUT2D eigenvalue weighted by Crippen LogP contribution is -2.15. The minimum atomic E-state index is -4.62. The Kier molecular flexibility index (Phi) is 5.78. The van der Waals surface area contributed by atoms with Crippen LogP contribution in [0.25, 0.3) is 21.6 Å². The Morgan fingerprint density at radius 3 is 2.75 bits per heavy atom. The molecule has 148 valence electrons. The fraction of sp³-hybridized carbons (Fsp3) is 0.235. The van der Waals surface area contributed by atoms with Gasteiger partial charge < -0.3 is 4.98 Å². The molecule has 0 aliphatic heterocycles. The number of pyridine rings is 1. The minimum Gasteiger partial charge on any atom is -0.307 e. The molecule has 0 aliphatic rings. The Balaban J connectivity index is 0.00000225. The second-order valence-corrected chi connectivity index (χ2v) is 7.82. The first-order chi connectivity index (χ1) is 12.8. The van der Waals surface area contributed by atoms with E-state index in [1.54, 1.807) is 11.3 Å². The Morgan fingerprint density at radius 2 is 2.07 bits per heavy atom. The van der Waals surface area contributed by atoms with Crippen LogP contribution in [-0.2, 0) is 19.1 Å². The second-order valence-electron chi connectivity index (χ2n) is 5.93. The predicted molar refractivity (Wildman–Crippen MR) is 110 cm³/mol. The molecule has 0 aromatic carbocycles. The Hall–Kier alpha value is -1.98. The van der Waals surface area contributed by atoms with Crippen molar-refractivity contribution in [1.29, 1.82) is 0 Å². The third kappa shape index (κ3) is 3.91. The molecule has 0 bridgehead atoms. The molecule has 4 aromatic rings. The standard InChI is InChI=1S/C17H13F3N4OS2.BrH/c1-9-15-10(17(18,19)20)7-13(25)22-16(15)24(23-9)5-4-14-21-11(8-27-14)12-3-2-6-26-12;/h2-3,6-8H,4-5H2,1H3,(H,22,25);1H. The summed E-state index contributed by atoms with van der Waals surface area (Å²) in [6.07, 6.45) is -4.11. The number of halogens is 4. The van der Waals surface area contributed by atoms with Crippen molar-refractivity contribution >= 4 is 50.7 Å². The largest absolute Gasteiger partial charge is 0.417 e. The Morgan fingerprint density at radius 1 is 1.29 bits per heavy atom. The SMILES string of the molecule is Br.Cc1nn(CCc2nc(-c3cccs3)cs2)c2[nH]c(=O)cc(C(F)(F)F)c12. The molecule has 0 aliphatic carbocycles. The van der Waals surface area contributed by atoms with Gasteiger partial charge in [0.05, 0.1) is 32.2 Å². The monoisotopic (exact) mass is 490 g/mol. The third-order valence-electron chi connectivity index (χ3n) is 4.08. The van der Waals surface area contributed by atoms with Crippen molar-refractivity contribution in [1.82, 2.24) is 19.7 Å². The van der Waals surface area contributed by atoms with Crippen molar-refractivity contribution in [3.8, 4) is 10.6 Å². The van der Waals surface area contributed by atoms with E-state index in [4.69, 9.17) is 0 Å². The van der Waals surface area contributed by atoms with Crippen molar-refractivity contribution in [2.45, 2.75) is 26.1 Å². The van der Waals surface area contributed by atoms with Crippen molar-refractivity contribution in [3.63, 3.8) is 0 Å². The summed E-state index contributed by atoms with van der Waals surface area (Å²) in [7, 11) is 0. The number of thiophene rings is 1. The highest BCUT2D eigenvalue weighted by Crippen LogP contribution is 2.34.